The summed E-state index contributed by atoms with van der Waals surface area (Å²) in [5, 5.41) is 13.1. The van der Waals surface area contributed by atoms with Crippen molar-refractivity contribution in [3.05, 3.63) is 0 Å². The predicted octanol–water partition coefficient (Wildman–Crippen LogP) is 0.819. The van der Waals surface area contributed by atoms with E-state index < -0.39 is 23.4 Å². The van der Waals surface area contributed by atoms with Gasteiger partial charge in [0.15, 0.2) is 0 Å². The third-order valence-electron chi connectivity index (χ3n) is 1.43. The Hall–Kier alpha value is -1.24. The lowest BCUT2D eigenvalue weighted by Crippen LogP contribution is -2.48. The van der Waals surface area contributed by atoms with Crippen LogP contribution >= 0.6 is 11.8 Å². The maximum atomic E-state index is 11.3. The van der Waals surface area contributed by atoms with Crippen LogP contribution in [0.2, 0.25) is 0 Å². The molecular formula is C10H18N2O4S. The van der Waals surface area contributed by atoms with Crippen LogP contribution in [0.1, 0.15) is 27.2 Å². The van der Waals surface area contributed by atoms with E-state index in [1.54, 1.807) is 20.8 Å². The highest BCUT2D eigenvalue weighted by molar-refractivity contribution is 7.99. The van der Waals surface area contributed by atoms with Gasteiger partial charge in [0.1, 0.15) is 0 Å². The summed E-state index contributed by atoms with van der Waals surface area (Å²) in [5.41, 5.74) is -0.402. The molecule has 6 nitrogen and oxygen atoms in total. The highest BCUT2D eigenvalue weighted by Gasteiger charge is 2.15. The van der Waals surface area contributed by atoms with Crippen LogP contribution < -0.4 is 10.6 Å². The molecule has 0 aromatic heterocycles. The molecule has 0 rings (SSSR count). The lowest BCUT2D eigenvalue weighted by atomic mass is 10.1. The van der Waals surface area contributed by atoms with Crippen molar-refractivity contribution < 1.29 is 19.5 Å². The maximum absolute atomic E-state index is 11.3. The second-order valence-electron chi connectivity index (χ2n) is 4.45. The van der Waals surface area contributed by atoms with Crippen LogP contribution in [0, 0.1) is 0 Å². The first-order chi connectivity index (χ1) is 7.70. The Morgan fingerprint density at radius 3 is 2.29 bits per heavy atom. The van der Waals surface area contributed by atoms with E-state index in [0.717, 1.165) is 0 Å². The first kappa shape index (κ1) is 15.8. The molecular weight excluding hydrogens is 244 g/mol. The molecule has 0 aromatic carbocycles. The first-order valence-corrected chi connectivity index (χ1v) is 6.28. The fourth-order valence-electron chi connectivity index (χ4n) is 0.859. The van der Waals surface area contributed by atoms with Crippen LogP contribution in [-0.4, -0.2) is 40.1 Å². The van der Waals surface area contributed by atoms with Crippen molar-refractivity contribution in [2.24, 2.45) is 0 Å². The van der Waals surface area contributed by atoms with Gasteiger partial charge in [0, 0.05) is 11.3 Å². The van der Waals surface area contributed by atoms with Crippen molar-refractivity contribution in [1.29, 1.82) is 0 Å². The molecule has 3 N–H and O–H groups in total. The number of nitrogens with one attached hydrogen (secondary N) is 2. The zero-order valence-electron chi connectivity index (χ0n) is 10.2. The second kappa shape index (κ2) is 7.16. The van der Waals surface area contributed by atoms with Gasteiger partial charge in [-0.25, -0.2) is 4.79 Å². The van der Waals surface area contributed by atoms with Gasteiger partial charge in [0.2, 0.25) is 5.91 Å². The zero-order valence-corrected chi connectivity index (χ0v) is 11.0. The smallest absolute Gasteiger partial charge is 0.321 e. The second-order valence-corrected chi connectivity index (χ2v) is 5.55. The van der Waals surface area contributed by atoms with Gasteiger partial charge in [0.05, 0.1) is 12.2 Å². The number of aliphatic carboxylic acids is 1. The van der Waals surface area contributed by atoms with Crippen molar-refractivity contribution in [2.45, 2.75) is 32.7 Å². The van der Waals surface area contributed by atoms with Gasteiger partial charge in [-0.15, -0.1) is 0 Å². The van der Waals surface area contributed by atoms with Gasteiger partial charge < -0.3 is 10.4 Å². The molecule has 0 bridgehead atoms. The van der Waals surface area contributed by atoms with Crippen LogP contribution in [0.15, 0.2) is 0 Å². The van der Waals surface area contributed by atoms with E-state index in [9.17, 15) is 14.4 Å². The monoisotopic (exact) mass is 262 g/mol. The molecule has 0 saturated heterocycles. The van der Waals surface area contributed by atoms with E-state index in [1.165, 1.54) is 11.8 Å². The number of thioether (sulfide) groups is 1. The molecule has 0 unspecified atom stereocenters. The van der Waals surface area contributed by atoms with Crippen molar-refractivity contribution in [2.75, 3.05) is 11.5 Å². The largest absolute Gasteiger partial charge is 0.481 e. The Labute approximate surface area is 105 Å². The number of imide groups is 1. The van der Waals surface area contributed by atoms with E-state index in [4.69, 9.17) is 5.11 Å². The molecule has 0 aliphatic heterocycles. The van der Waals surface area contributed by atoms with Gasteiger partial charge in [-0.05, 0) is 20.8 Å². The van der Waals surface area contributed by atoms with Crippen LogP contribution in [0.3, 0.4) is 0 Å². The normalized spacial score (nSPS) is 10.8. The number of urea groups is 1. The first-order valence-electron chi connectivity index (χ1n) is 5.12. The molecule has 0 fully saturated rings. The summed E-state index contributed by atoms with van der Waals surface area (Å²) >= 11 is 1.18. The number of carbonyl (C=O) groups excluding carboxylic acids is 2. The van der Waals surface area contributed by atoms with Crippen molar-refractivity contribution in [1.82, 2.24) is 10.6 Å². The fourth-order valence-corrected chi connectivity index (χ4v) is 1.58. The molecule has 0 atom stereocenters. The average Bonchev–Trinajstić information content (AvgIpc) is 2.08. The minimum absolute atomic E-state index is 0.00609. The summed E-state index contributed by atoms with van der Waals surface area (Å²) in [6, 6.07) is -0.540. The summed E-state index contributed by atoms with van der Waals surface area (Å²) < 4.78 is 0. The highest BCUT2D eigenvalue weighted by Crippen LogP contribution is 2.02. The van der Waals surface area contributed by atoms with Crippen LogP contribution in [0.4, 0.5) is 4.79 Å². The van der Waals surface area contributed by atoms with Crippen molar-refractivity contribution >= 4 is 29.7 Å². The fraction of sp³-hybridized carbons (Fsp3) is 0.700. The number of hydrogen-bond acceptors (Lipinski definition) is 4. The Kier molecular flexibility index (Phi) is 6.64. The summed E-state index contributed by atoms with van der Waals surface area (Å²) in [6.07, 6.45) is 0.00609. The molecule has 98 valence electrons. The number of carbonyl (C=O) groups is 3. The number of carboxylic acids is 1. The van der Waals surface area contributed by atoms with E-state index in [-0.39, 0.29) is 12.2 Å². The topological polar surface area (TPSA) is 95.5 Å². The highest BCUT2D eigenvalue weighted by atomic mass is 32.2. The quantitative estimate of drug-likeness (QED) is 0.637. The maximum Gasteiger partial charge on any atom is 0.321 e. The minimum Gasteiger partial charge on any atom is -0.481 e. The third kappa shape index (κ3) is 11.0. The van der Waals surface area contributed by atoms with E-state index in [2.05, 4.69) is 10.6 Å². The molecule has 0 aliphatic rings. The van der Waals surface area contributed by atoms with Crippen molar-refractivity contribution in [3.8, 4) is 0 Å². The molecule has 0 spiro atoms. The summed E-state index contributed by atoms with van der Waals surface area (Å²) in [6.45, 7) is 5.41. The standard InChI is InChI=1S/C10H18N2O4S/c1-10(2,3)12-9(16)11-7(13)6-17-5-4-8(14)15/h4-6H2,1-3H3,(H,14,15)(H2,11,12,13,16). The summed E-state index contributed by atoms with van der Waals surface area (Å²) in [5.74, 6) is -0.903. The van der Waals surface area contributed by atoms with E-state index in [0.29, 0.717) is 5.75 Å². The van der Waals surface area contributed by atoms with Crippen LogP contribution in [0.25, 0.3) is 0 Å². The lowest BCUT2D eigenvalue weighted by molar-refractivity contribution is -0.136. The minimum atomic E-state index is -0.900. The molecule has 0 radical (unpaired) electrons. The Balaban J connectivity index is 3.72. The SMILES string of the molecule is CC(C)(C)NC(=O)NC(=O)CSCCC(=O)O. The number of amides is 3. The van der Waals surface area contributed by atoms with Gasteiger partial charge in [0.25, 0.3) is 0 Å². The van der Waals surface area contributed by atoms with Gasteiger partial charge in [-0.2, -0.15) is 11.8 Å². The van der Waals surface area contributed by atoms with Crippen molar-refractivity contribution in [3.63, 3.8) is 0 Å². The van der Waals surface area contributed by atoms with E-state index in [1.807, 2.05) is 0 Å². The van der Waals surface area contributed by atoms with E-state index >= 15 is 0 Å². The molecule has 0 heterocycles. The molecule has 3 amide bonds. The van der Waals surface area contributed by atoms with Gasteiger partial charge >= 0.3 is 12.0 Å². The summed E-state index contributed by atoms with van der Waals surface area (Å²) in [4.78, 5) is 32.7. The molecule has 0 saturated carbocycles. The Bertz CT molecular complexity index is 299. The predicted molar refractivity (Wildman–Crippen MR) is 66.0 cm³/mol. The molecule has 7 heteroatoms. The number of rotatable bonds is 5. The lowest BCUT2D eigenvalue weighted by Gasteiger charge is -2.20. The zero-order chi connectivity index (χ0) is 13.5. The number of carboxylic acid groups (broad SMARTS) is 1. The van der Waals surface area contributed by atoms with Crippen LogP contribution in [-0.2, 0) is 9.59 Å². The summed E-state index contributed by atoms with van der Waals surface area (Å²) in [7, 11) is 0. The van der Waals surface area contributed by atoms with Gasteiger partial charge in [-0.3, -0.25) is 14.9 Å². The number of hydrogen-bond donors (Lipinski definition) is 3. The molecule has 0 aromatic rings. The Morgan fingerprint density at radius 2 is 1.82 bits per heavy atom. The Morgan fingerprint density at radius 1 is 1.24 bits per heavy atom. The molecule has 17 heavy (non-hydrogen) atoms. The van der Waals surface area contributed by atoms with Crippen LogP contribution in [0.5, 0.6) is 0 Å². The third-order valence-corrected chi connectivity index (χ3v) is 2.39. The van der Waals surface area contributed by atoms with Gasteiger partial charge in [-0.1, -0.05) is 0 Å². The molecule has 0 aliphatic carbocycles. The average molecular weight is 262 g/mol.